The summed E-state index contributed by atoms with van der Waals surface area (Å²) in [5, 5.41) is 13.4. The largest absolute Gasteiger partial charge is 0.392 e. The Morgan fingerprint density at radius 1 is 1.48 bits per heavy atom. The fourth-order valence-corrected chi connectivity index (χ4v) is 4.70. The molecule has 3 atom stereocenters. The molecule has 0 radical (unpaired) electrons. The average Bonchev–Trinajstić information content (AvgIpc) is 3.03. The Kier molecular flexibility index (Phi) is 5.38. The van der Waals surface area contributed by atoms with Gasteiger partial charge in [-0.05, 0) is 39.8 Å². The topological polar surface area (TPSA) is 54.8 Å². The fourth-order valence-electron chi connectivity index (χ4n) is 3.86. The van der Waals surface area contributed by atoms with E-state index in [4.69, 9.17) is 9.47 Å². The van der Waals surface area contributed by atoms with Crippen LogP contribution in [0.15, 0.2) is 5.38 Å². The van der Waals surface area contributed by atoms with Gasteiger partial charge in [-0.2, -0.15) is 0 Å². The molecule has 1 aromatic heterocycles. The molecule has 5 nitrogen and oxygen atoms in total. The number of nitrogens with zero attached hydrogens (tertiary/aromatic N) is 2. The summed E-state index contributed by atoms with van der Waals surface area (Å²) in [7, 11) is 1.72. The van der Waals surface area contributed by atoms with Crippen LogP contribution in [0.25, 0.3) is 0 Å². The zero-order valence-electron chi connectivity index (χ0n) is 14.3. The number of aliphatic hydroxyl groups excluding tert-OH is 1. The van der Waals surface area contributed by atoms with Crippen LogP contribution in [-0.4, -0.2) is 54.0 Å². The quantitative estimate of drug-likeness (QED) is 0.863. The number of piperidine rings is 1. The molecule has 1 saturated heterocycles. The first-order valence-corrected chi connectivity index (χ1v) is 9.46. The zero-order valence-corrected chi connectivity index (χ0v) is 15.1. The van der Waals surface area contributed by atoms with Crippen molar-refractivity contribution >= 4 is 11.3 Å². The first-order chi connectivity index (χ1) is 11.1. The van der Waals surface area contributed by atoms with Crippen LogP contribution in [-0.2, 0) is 16.0 Å². The molecule has 1 aliphatic heterocycles. The molecule has 23 heavy (non-hydrogen) atoms. The van der Waals surface area contributed by atoms with Crippen molar-refractivity contribution in [2.75, 3.05) is 26.8 Å². The summed E-state index contributed by atoms with van der Waals surface area (Å²) in [5.41, 5.74) is 1.13. The van der Waals surface area contributed by atoms with Gasteiger partial charge in [-0.15, -0.1) is 11.3 Å². The molecule has 6 heteroatoms. The maximum Gasteiger partial charge on any atom is 0.122 e. The number of aliphatic hydroxyl groups is 1. The van der Waals surface area contributed by atoms with E-state index in [1.165, 1.54) is 0 Å². The van der Waals surface area contributed by atoms with Gasteiger partial charge in [0.25, 0.3) is 0 Å². The van der Waals surface area contributed by atoms with Gasteiger partial charge in [0.05, 0.1) is 17.9 Å². The SMILES string of the molecule is CCO[C@@H]1C[C@H](O)C12CCN(Cc1csc([C@@H](C)OC)n1)CC2. The van der Waals surface area contributed by atoms with Gasteiger partial charge in [-0.3, -0.25) is 4.90 Å². The van der Waals surface area contributed by atoms with Crippen LogP contribution >= 0.6 is 11.3 Å². The Labute approximate surface area is 142 Å². The van der Waals surface area contributed by atoms with Gasteiger partial charge in [-0.25, -0.2) is 4.98 Å². The Balaban J connectivity index is 1.54. The third-order valence-corrected chi connectivity index (χ3v) is 6.61. The third kappa shape index (κ3) is 3.33. The standard InChI is InChI=1S/C17H28N2O3S/c1-4-22-15-9-14(20)17(15)5-7-19(8-6-17)10-13-11-23-16(18-13)12(2)21-3/h11-12,14-15,20H,4-10H2,1-3H3/t12-,14+,15-/m1/s1. The maximum absolute atomic E-state index is 10.3. The van der Waals surface area contributed by atoms with Crippen molar-refractivity contribution < 1.29 is 14.6 Å². The molecule has 130 valence electrons. The molecule has 2 heterocycles. The molecule has 2 aliphatic rings. The number of ether oxygens (including phenoxy) is 2. The van der Waals surface area contributed by atoms with Gasteiger partial charge < -0.3 is 14.6 Å². The number of likely N-dealkylation sites (tertiary alicyclic amines) is 1. The Hall–Kier alpha value is -0.530. The van der Waals surface area contributed by atoms with Crippen molar-refractivity contribution in [3.63, 3.8) is 0 Å². The van der Waals surface area contributed by atoms with E-state index in [9.17, 15) is 5.11 Å². The minimum absolute atomic E-state index is 0.00428. The van der Waals surface area contributed by atoms with E-state index >= 15 is 0 Å². The predicted octanol–water partition coefficient (Wildman–Crippen LogP) is 2.60. The molecule has 1 spiro atoms. The first kappa shape index (κ1) is 17.3. The molecule has 1 saturated carbocycles. The predicted molar refractivity (Wildman–Crippen MR) is 90.5 cm³/mol. The molecule has 0 aromatic carbocycles. The number of thiazole rings is 1. The normalized spacial score (nSPS) is 28.7. The van der Waals surface area contributed by atoms with Crippen molar-refractivity contribution in [2.24, 2.45) is 5.41 Å². The summed E-state index contributed by atoms with van der Waals surface area (Å²) < 4.78 is 11.2. The van der Waals surface area contributed by atoms with E-state index in [0.717, 1.165) is 56.2 Å². The fraction of sp³-hybridized carbons (Fsp3) is 0.824. The highest BCUT2D eigenvalue weighted by atomic mass is 32.1. The smallest absolute Gasteiger partial charge is 0.122 e. The average molecular weight is 340 g/mol. The lowest BCUT2D eigenvalue weighted by Crippen LogP contribution is -2.62. The van der Waals surface area contributed by atoms with E-state index < -0.39 is 0 Å². The minimum atomic E-state index is -0.186. The van der Waals surface area contributed by atoms with Crippen LogP contribution in [0.5, 0.6) is 0 Å². The first-order valence-electron chi connectivity index (χ1n) is 8.58. The Morgan fingerprint density at radius 3 is 2.83 bits per heavy atom. The van der Waals surface area contributed by atoms with Crippen LogP contribution in [0.1, 0.15) is 49.9 Å². The Bertz CT molecular complexity index is 512. The summed E-state index contributed by atoms with van der Waals surface area (Å²) in [6.45, 7) is 7.70. The van der Waals surface area contributed by atoms with Gasteiger partial charge in [0, 0.05) is 37.5 Å². The highest BCUT2D eigenvalue weighted by Crippen LogP contribution is 2.51. The molecule has 1 N–H and O–H groups in total. The molecular weight excluding hydrogens is 312 g/mol. The number of rotatable bonds is 6. The van der Waals surface area contributed by atoms with Crippen molar-refractivity contribution in [3.05, 3.63) is 16.1 Å². The lowest BCUT2D eigenvalue weighted by atomic mass is 9.58. The maximum atomic E-state index is 10.3. The van der Waals surface area contributed by atoms with Gasteiger partial charge in [0.1, 0.15) is 11.1 Å². The van der Waals surface area contributed by atoms with Crippen molar-refractivity contribution in [1.82, 2.24) is 9.88 Å². The summed E-state index contributed by atoms with van der Waals surface area (Å²) >= 11 is 1.67. The lowest BCUT2D eigenvalue weighted by molar-refractivity contribution is -0.209. The van der Waals surface area contributed by atoms with Gasteiger partial charge in [-0.1, -0.05) is 0 Å². The van der Waals surface area contributed by atoms with Crippen LogP contribution in [0.3, 0.4) is 0 Å². The van der Waals surface area contributed by atoms with E-state index in [2.05, 4.69) is 15.3 Å². The second-order valence-electron chi connectivity index (χ2n) is 6.76. The van der Waals surface area contributed by atoms with Crippen LogP contribution in [0.2, 0.25) is 0 Å². The molecule has 0 unspecified atom stereocenters. The van der Waals surface area contributed by atoms with Gasteiger partial charge in [0.2, 0.25) is 0 Å². The van der Waals surface area contributed by atoms with E-state index in [1.807, 2.05) is 13.8 Å². The highest BCUT2D eigenvalue weighted by molar-refractivity contribution is 7.09. The molecular formula is C17H28N2O3S. The van der Waals surface area contributed by atoms with Crippen molar-refractivity contribution in [1.29, 1.82) is 0 Å². The second-order valence-corrected chi connectivity index (χ2v) is 7.65. The van der Waals surface area contributed by atoms with E-state index in [0.29, 0.717) is 0 Å². The van der Waals surface area contributed by atoms with E-state index in [1.54, 1.807) is 18.4 Å². The zero-order chi connectivity index (χ0) is 16.4. The summed E-state index contributed by atoms with van der Waals surface area (Å²) in [6, 6.07) is 0. The Morgan fingerprint density at radius 2 is 2.22 bits per heavy atom. The third-order valence-electron chi connectivity index (χ3n) is 5.55. The molecule has 0 amide bonds. The number of hydrogen-bond acceptors (Lipinski definition) is 6. The monoisotopic (exact) mass is 340 g/mol. The number of aromatic nitrogens is 1. The summed E-state index contributed by atoms with van der Waals surface area (Å²) in [6.07, 6.45) is 2.97. The molecule has 0 bridgehead atoms. The van der Waals surface area contributed by atoms with E-state index in [-0.39, 0.29) is 23.7 Å². The van der Waals surface area contributed by atoms with Crippen LogP contribution < -0.4 is 0 Å². The number of hydrogen-bond donors (Lipinski definition) is 1. The molecule has 1 aromatic rings. The van der Waals surface area contributed by atoms with Gasteiger partial charge >= 0.3 is 0 Å². The molecule has 1 aliphatic carbocycles. The van der Waals surface area contributed by atoms with Crippen LogP contribution in [0, 0.1) is 5.41 Å². The number of methoxy groups -OCH3 is 1. The van der Waals surface area contributed by atoms with Crippen molar-refractivity contribution in [3.8, 4) is 0 Å². The van der Waals surface area contributed by atoms with Gasteiger partial charge in [0.15, 0.2) is 0 Å². The van der Waals surface area contributed by atoms with Crippen molar-refractivity contribution in [2.45, 2.75) is 58.0 Å². The highest BCUT2D eigenvalue weighted by Gasteiger charge is 2.55. The minimum Gasteiger partial charge on any atom is -0.392 e. The summed E-state index contributed by atoms with van der Waals surface area (Å²) in [4.78, 5) is 7.12. The second kappa shape index (κ2) is 7.15. The summed E-state index contributed by atoms with van der Waals surface area (Å²) in [5.74, 6) is 0. The lowest BCUT2D eigenvalue weighted by Gasteiger charge is -2.56. The molecule has 2 fully saturated rings. The molecule has 3 rings (SSSR count). The van der Waals surface area contributed by atoms with Crippen LogP contribution in [0.4, 0.5) is 0 Å².